The second kappa shape index (κ2) is 5.95. The lowest BCUT2D eigenvalue weighted by atomic mass is 10.1. The van der Waals surface area contributed by atoms with Crippen LogP contribution in [0.3, 0.4) is 0 Å². The summed E-state index contributed by atoms with van der Waals surface area (Å²) in [6.45, 7) is 4.59. The Labute approximate surface area is 118 Å². The Morgan fingerprint density at radius 1 is 1.30 bits per heavy atom. The molecule has 1 aromatic heterocycles. The molecule has 0 aliphatic carbocycles. The van der Waals surface area contributed by atoms with E-state index in [4.69, 9.17) is 9.47 Å². The van der Waals surface area contributed by atoms with E-state index in [2.05, 4.69) is 10.2 Å². The van der Waals surface area contributed by atoms with Crippen molar-refractivity contribution >= 4 is 5.91 Å². The Morgan fingerprint density at radius 2 is 2.10 bits per heavy atom. The lowest BCUT2D eigenvalue weighted by Gasteiger charge is -2.34. The van der Waals surface area contributed by atoms with E-state index >= 15 is 0 Å². The van der Waals surface area contributed by atoms with Gasteiger partial charge in [0.05, 0.1) is 38.5 Å². The fourth-order valence-electron chi connectivity index (χ4n) is 2.89. The first-order chi connectivity index (χ1) is 9.75. The maximum Gasteiger partial charge on any atom is 0.268 e. The fourth-order valence-corrected chi connectivity index (χ4v) is 2.89. The summed E-state index contributed by atoms with van der Waals surface area (Å²) in [4.78, 5) is 14.6. The molecule has 2 aliphatic heterocycles. The molecule has 0 unspecified atom stereocenters. The van der Waals surface area contributed by atoms with Crippen LogP contribution >= 0.6 is 0 Å². The monoisotopic (exact) mass is 279 g/mol. The molecule has 0 radical (unpaired) electrons. The highest BCUT2D eigenvalue weighted by Gasteiger charge is 2.35. The van der Waals surface area contributed by atoms with Crippen LogP contribution in [0.25, 0.3) is 0 Å². The van der Waals surface area contributed by atoms with Gasteiger partial charge in [-0.3, -0.25) is 9.69 Å². The van der Waals surface area contributed by atoms with Crippen LogP contribution in [-0.4, -0.2) is 67.0 Å². The van der Waals surface area contributed by atoms with Crippen LogP contribution in [0.5, 0.6) is 0 Å². The van der Waals surface area contributed by atoms with Crippen LogP contribution < -0.4 is 5.32 Å². The Bertz CT molecular complexity index is 468. The van der Waals surface area contributed by atoms with Crippen LogP contribution in [0, 0.1) is 0 Å². The van der Waals surface area contributed by atoms with Crippen molar-refractivity contribution in [3.8, 4) is 0 Å². The van der Waals surface area contributed by atoms with E-state index in [0.717, 1.165) is 26.3 Å². The summed E-state index contributed by atoms with van der Waals surface area (Å²) in [5, 5.41) is 3.10. The number of aryl methyl sites for hydroxylation is 1. The highest BCUT2D eigenvalue weighted by atomic mass is 16.5. The van der Waals surface area contributed by atoms with Crippen molar-refractivity contribution < 1.29 is 14.3 Å². The van der Waals surface area contributed by atoms with Crippen LogP contribution in [0.15, 0.2) is 18.3 Å². The number of amides is 1. The molecule has 20 heavy (non-hydrogen) atoms. The largest absolute Gasteiger partial charge is 0.379 e. The molecule has 3 heterocycles. The van der Waals surface area contributed by atoms with Gasteiger partial charge in [0.1, 0.15) is 5.69 Å². The smallest absolute Gasteiger partial charge is 0.268 e. The first-order valence-corrected chi connectivity index (χ1v) is 7.07. The summed E-state index contributed by atoms with van der Waals surface area (Å²) in [5.41, 5.74) is 0.678. The van der Waals surface area contributed by atoms with Crippen molar-refractivity contribution in [1.82, 2.24) is 14.8 Å². The summed E-state index contributed by atoms with van der Waals surface area (Å²) < 4.78 is 12.8. The molecule has 6 nitrogen and oxygen atoms in total. The van der Waals surface area contributed by atoms with Gasteiger partial charge in [0.2, 0.25) is 0 Å². The van der Waals surface area contributed by atoms with E-state index in [1.165, 1.54) is 0 Å². The van der Waals surface area contributed by atoms with Crippen molar-refractivity contribution in [2.45, 2.75) is 12.1 Å². The third kappa shape index (κ3) is 2.72. The number of hydrogen-bond acceptors (Lipinski definition) is 4. The van der Waals surface area contributed by atoms with Crippen molar-refractivity contribution in [3.63, 3.8) is 0 Å². The zero-order valence-corrected chi connectivity index (χ0v) is 11.7. The molecule has 0 bridgehead atoms. The molecule has 1 amide bonds. The predicted octanol–water partition coefficient (Wildman–Crippen LogP) is -0.145. The van der Waals surface area contributed by atoms with Crippen LogP contribution in [-0.2, 0) is 16.5 Å². The highest BCUT2D eigenvalue weighted by molar-refractivity contribution is 5.93. The minimum Gasteiger partial charge on any atom is -0.379 e. The van der Waals surface area contributed by atoms with Crippen LogP contribution in [0.1, 0.15) is 10.5 Å². The number of aromatic nitrogens is 1. The number of morpholine rings is 1. The minimum absolute atomic E-state index is 0.0359. The molecule has 3 rings (SSSR count). The minimum atomic E-state index is -0.0359. The maximum atomic E-state index is 12.3. The molecular weight excluding hydrogens is 258 g/mol. The zero-order valence-electron chi connectivity index (χ0n) is 11.7. The third-order valence-electron chi connectivity index (χ3n) is 4.06. The van der Waals surface area contributed by atoms with E-state index in [-0.39, 0.29) is 18.0 Å². The second-order valence-electron chi connectivity index (χ2n) is 5.34. The van der Waals surface area contributed by atoms with Gasteiger partial charge in [-0.25, -0.2) is 0 Å². The maximum absolute atomic E-state index is 12.3. The molecule has 0 saturated carbocycles. The average Bonchev–Trinajstić information content (AvgIpc) is 3.08. The van der Waals surface area contributed by atoms with Crippen molar-refractivity contribution in [2.24, 2.45) is 7.05 Å². The normalized spacial score (nSPS) is 27.6. The van der Waals surface area contributed by atoms with Gasteiger partial charge in [0.25, 0.3) is 5.91 Å². The lowest BCUT2D eigenvalue weighted by Crippen LogP contribution is -2.54. The molecular formula is C14H21N3O3. The molecule has 1 aromatic rings. The molecule has 6 heteroatoms. The predicted molar refractivity (Wildman–Crippen MR) is 73.7 cm³/mol. The number of ether oxygens (including phenoxy) is 2. The van der Waals surface area contributed by atoms with E-state index < -0.39 is 0 Å². The quantitative estimate of drug-likeness (QED) is 0.836. The number of carbonyl (C=O) groups is 1. The number of carbonyl (C=O) groups excluding carboxylic acids is 1. The van der Waals surface area contributed by atoms with Gasteiger partial charge < -0.3 is 19.4 Å². The molecule has 1 N–H and O–H groups in total. The Hall–Kier alpha value is -1.37. The van der Waals surface area contributed by atoms with Gasteiger partial charge in [-0.2, -0.15) is 0 Å². The van der Waals surface area contributed by atoms with E-state index in [1.807, 2.05) is 29.9 Å². The first kappa shape index (κ1) is 13.6. The highest BCUT2D eigenvalue weighted by Crippen LogP contribution is 2.15. The average molecular weight is 279 g/mol. The Kier molecular flexibility index (Phi) is 4.05. The number of rotatable bonds is 3. The van der Waals surface area contributed by atoms with E-state index in [0.29, 0.717) is 18.9 Å². The van der Waals surface area contributed by atoms with Crippen molar-refractivity contribution in [1.29, 1.82) is 0 Å². The van der Waals surface area contributed by atoms with Gasteiger partial charge in [-0.05, 0) is 12.1 Å². The molecule has 2 fully saturated rings. The Morgan fingerprint density at radius 3 is 2.80 bits per heavy atom. The number of nitrogens with one attached hydrogen (secondary N) is 1. The molecule has 0 spiro atoms. The SMILES string of the molecule is Cn1cccc1C(=O)N[C@H]1COC[C@@H]1N1CCOCC1. The third-order valence-corrected chi connectivity index (χ3v) is 4.06. The second-order valence-corrected chi connectivity index (χ2v) is 5.34. The standard InChI is InChI=1S/C14H21N3O3/c1-16-4-2-3-12(16)14(18)15-11-9-20-10-13(11)17-5-7-19-8-6-17/h2-4,11,13H,5-10H2,1H3,(H,15,18)/t11-,13-/m0/s1. The van der Waals surface area contributed by atoms with Crippen LogP contribution in [0.4, 0.5) is 0 Å². The molecule has 2 saturated heterocycles. The van der Waals surface area contributed by atoms with Gasteiger partial charge in [0.15, 0.2) is 0 Å². The van der Waals surface area contributed by atoms with Gasteiger partial charge >= 0.3 is 0 Å². The summed E-state index contributed by atoms with van der Waals surface area (Å²) in [5.74, 6) is -0.0359. The zero-order chi connectivity index (χ0) is 13.9. The van der Waals surface area contributed by atoms with Crippen molar-refractivity contribution in [3.05, 3.63) is 24.0 Å². The van der Waals surface area contributed by atoms with Crippen LogP contribution in [0.2, 0.25) is 0 Å². The topological polar surface area (TPSA) is 55.7 Å². The molecule has 0 aromatic carbocycles. The fraction of sp³-hybridized carbons (Fsp3) is 0.643. The first-order valence-electron chi connectivity index (χ1n) is 7.07. The van der Waals surface area contributed by atoms with Crippen molar-refractivity contribution in [2.75, 3.05) is 39.5 Å². The summed E-state index contributed by atoms with van der Waals surface area (Å²) in [7, 11) is 1.87. The van der Waals surface area contributed by atoms with E-state index in [1.54, 1.807) is 0 Å². The number of nitrogens with zero attached hydrogens (tertiary/aromatic N) is 2. The summed E-state index contributed by atoms with van der Waals surface area (Å²) in [6, 6.07) is 4.01. The van der Waals surface area contributed by atoms with Gasteiger partial charge in [-0.1, -0.05) is 0 Å². The van der Waals surface area contributed by atoms with Gasteiger partial charge in [0, 0.05) is 26.3 Å². The summed E-state index contributed by atoms with van der Waals surface area (Å²) >= 11 is 0. The van der Waals surface area contributed by atoms with E-state index in [9.17, 15) is 4.79 Å². The molecule has 2 atom stereocenters. The molecule has 110 valence electrons. The summed E-state index contributed by atoms with van der Waals surface area (Å²) in [6.07, 6.45) is 1.87. The van der Waals surface area contributed by atoms with Gasteiger partial charge in [-0.15, -0.1) is 0 Å². The Balaban J connectivity index is 1.64. The molecule has 2 aliphatic rings. The number of hydrogen-bond donors (Lipinski definition) is 1. The lowest BCUT2D eigenvalue weighted by molar-refractivity contribution is 0.0108.